The van der Waals surface area contributed by atoms with Crippen LogP contribution in [0.4, 0.5) is 0 Å². The van der Waals surface area contributed by atoms with E-state index in [2.05, 4.69) is 37.4 Å². The molecule has 1 saturated carbocycles. The summed E-state index contributed by atoms with van der Waals surface area (Å²) in [5.74, 6) is 1.46. The predicted molar refractivity (Wildman–Crippen MR) is 99.2 cm³/mol. The van der Waals surface area contributed by atoms with Gasteiger partial charge in [0.05, 0.1) is 0 Å². The minimum absolute atomic E-state index is 0.272. The summed E-state index contributed by atoms with van der Waals surface area (Å²) in [6.45, 7) is 2.45. The van der Waals surface area contributed by atoms with Gasteiger partial charge < -0.3 is 15.5 Å². The molecule has 0 bridgehead atoms. The monoisotopic (exact) mass is 348 g/mol. The van der Waals surface area contributed by atoms with Crippen LogP contribution in [0.3, 0.4) is 0 Å². The molecule has 2 aliphatic rings. The average Bonchev–Trinajstić information content (AvgIpc) is 3.30. The molecule has 24 heavy (non-hydrogen) atoms. The van der Waals surface area contributed by atoms with Crippen molar-refractivity contribution in [1.29, 1.82) is 0 Å². The van der Waals surface area contributed by atoms with Crippen molar-refractivity contribution in [3.63, 3.8) is 0 Å². The standard InChI is InChI=1S/C18H28N4OS/c1-19-18(20-11-14-8-10-24-13-14)21-16-7-9-22(12-16)17(23)15-5-3-2-4-6-15/h8,10,13,15-16H,2-7,9,11-12H2,1H3,(H2,19,20,21). The van der Waals surface area contributed by atoms with Crippen LogP contribution in [0.25, 0.3) is 0 Å². The molecule has 1 aliphatic heterocycles. The summed E-state index contributed by atoms with van der Waals surface area (Å²) in [4.78, 5) is 19.0. The lowest BCUT2D eigenvalue weighted by Gasteiger charge is -2.26. The van der Waals surface area contributed by atoms with Crippen LogP contribution >= 0.6 is 11.3 Å². The molecule has 2 heterocycles. The van der Waals surface area contributed by atoms with E-state index in [1.54, 1.807) is 18.4 Å². The number of likely N-dealkylation sites (tertiary alicyclic amines) is 1. The Morgan fingerprint density at radius 2 is 2.17 bits per heavy atom. The van der Waals surface area contributed by atoms with E-state index >= 15 is 0 Å². The fourth-order valence-corrected chi connectivity index (χ4v) is 4.32. The van der Waals surface area contributed by atoms with E-state index in [4.69, 9.17) is 0 Å². The molecule has 0 aromatic carbocycles. The summed E-state index contributed by atoms with van der Waals surface area (Å²) < 4.78 is 0. The van der Waals surface area contributed by atoms with Gasteiger partial charge >= 0.3 is 0 Å². The molecule has 1 aliphatic carbocycles. The molecule has 2 fully saturated rings. The maximum absolute atomic E-state index is 12.6. The summed E-state index contributed by atoms with van der Waals surface area (Å²) in [5, 5.41) is 11.0. The molecule has 1 atom stereocenters. The zero-order chi connectivity index (χ0) is 16.8. The van der Waals surface area contributed by atoms with E-state index in [0.717, 1.165) is 44.9 Å². The Hall–Kier alpha value is -1.56. The van der Waals surface area contributed by atoms with E-state index in [9.17, 15) is 4.79 Å². The third-order valence-corrected chi connectivity index (χ3v) is 5.79. The molecule has 5 nitrogen and oxygen atoms in total. The Bertz CT molecular complexity index is 551. The van der Waals surface area contributed by atoms with Gasteiger partial charge in [-0.15, -0.1) is 0 Å². The molecular formula is C18H28N4OS. The normalized spacial score (nSPS) is 22.6. The van der Waals surface area contributed by atoms with E-state index in [1.165, 1.54) is 24.8 Å². The van der Waals surface area contributed by atoms with E-state index in [0.29, 0.717) is 11.9 Å². The van der Waals surface area contributed by atoms with Crippen LogP contribution in [-0.2, 0) is 11.3 Å². The highest BCUT2D eigenvalue weighted by atomic mass is 32.1. The summed E-state index contributed by atoms with van der Waals surface area (Å²) in [5.41, 5.74) is 1.27. The minimum Gasteiger partial charge on any atom is -0.352 e. The molecule has 6 heteroatoms. The van der Waals surface area contributed by atoms with Gasteiger partial charge in [0.1, 0.15) is 0 Å². The van der Waals surface area contributed by atoms with Crippen LogP contribution in [0.15, 0.2) is 21.8 Å². The molecule has 1 unspecified atom stereocenters. The van der Waals surface area contributed by atoms with Crippen LogP contribution in [0.5, 0.6) is 0 Å². The Morgan fingerprint density at radius 3 is 2.88 bits per heavy atom. The topological polar surface area (TPSA) is 56.7 Å². The highest BCUT2D eigenvalue weighted by Gasteiger charge is 2.31. The van der Waals surface area contributed by atoms with Crippen molar-refractivity contribution in [1.82, 2.24) is 15.5 Å². The number of carbonyl (C=O) groups excluding carboxylic acids is 1. The quantitative estimate of drug-likeness (QED) is 0.649. The van der Waals surface area contributed by atoms with E-state index in [-0.39, 0.29) is 5.92 Å². The number of amides is 1. The van der Waals surface area contributed by atoms with Crippen LogP contribution in [-0.4, -0.2) is 42.9 Å². The molecule has 132 valence electrons. The molecule has 1 amide bonds. The molecule has 1 aromatic heterocycles. The zero-order valence-electron chi connectivity index (χ0n) is 14.5. The minimum atomic E-state index is 0.272. The second-order valence-corrected chi connectivity index (χ2v) is 7.59. The predicted octanol–water partition coefficient (Wildman–Crippen LogP) is 2.59. The highest BCUT2D eigenvalue weighted by Crippen LogP contribution is 2.26. The van der Waals surface area contributed by atoms with Crippen molar-refractivity contribution < 1.29 is 4.79 Å². The molecule has 1 aromatic rings. The molecule has 0 radical (unpaired) electrons. The largest absolute Gasteiger partial charge is 0.352 e. The van der Waals surface area contributed by atoms with Gasteiger partial charge in [0.15, 0.2) is 5.96 Å². The van der Waals surface area contributed by atoms with Gasteiger partial charge in [-0.1, -0.05) is 19.3 Å². The maximum Gasteiger partial charge on any atom is 0.225 e. The van der Waals surface area contributed by atoms with Crippen molar-refractivity contribution in [2.45, 2.75) is 51.1 Å². The fraction of sp³-hybridized carbons (Fsp3) is 0.667. The number of thiophene rings is 1. The molecule has 0 spiro atoms. The number of rotatable bonds is 4. The van der Waals surface area contributed by atoms with Crippen LogP contribution in [0.2, 0.25) is 0 Å². The number of nitrogens with one attached hydrogen (secondary N) is 2. The smallest absolute Gasteiger partial charge is 0.225 e. The maximum atomic E-state index is 12.6. The van der Waals surface area contributed by atoms with Crippen molar-refractivity contribution in [3.8, 4) is 0 Å². The summed E-state index contributed by atoms with van der Waals surface area (Å²) >= 11 is 1.70. The number of hydrogen-bond donors (Lipinski definition) is 2. The summed E-state index contributed by atoms with van der Waals surface area (Å²) in [7, 11) is 1.79. The van der Waals surface area contributed by atoms with Gasteiger partial charge in [-0.3, -0.25) is 9.79 Å². The third kappa shape index (κ3) is 4.50. The van der Waals surface area contributed by atoms with Crippen molar-refractivity contribution in [2.75, 3.05) is 20.1 Å². The van der Waals surface area contributed by atoms with Crippen LogP contribution < -0.4 is 10.6 Å². The van der Waals surface area contributed by atoms with Crippen molar-refractivity contribution in [3.05, 3.63) is 22.4 Å². The van der Waals surface area contributed by atoms with Gasteiger partial charge in [0, 0.05) is 38.6 Å². The first-order chi connectivity index (χ1) is 11.8. The molecule has 3 rings (SSSR count). The number of nitrogens with zero attached hydrogens (tertiary/aromatic N) is 2. The van der Waals surface area contributed by atoms with Gasteiger partial charge in [0.25, 0.3) is 0 Å². The first kappa shape index (κ1) is 17.3. The SMILES string of the molecule is CN=C(NCc1ccsc1)NC1CCN(C(=O)C2CCCCC2)C1. The third-order valence-electron chi connectivity index (χ3n) is 5.06. The molecular weight excluding hydrogens is 320 g/mol. The molecule has 1 saturated heterocycles. The Balaban J connectivity index is 1.45. The van der Waals surface area contributed by atoms with Gasteiger partial charge in [-0.05, 0) is 41.7 Å². The van der Waals surface area contributed by atoms with Crippen molar-refractivity contribution >= 4 is 23.2 Å². The van der Waals surface area contributed by atoms with E-state index < -0.39 is 0 Å². The van der Waals surface area contributed by atoms with Gasteiger partial charge in [-0.2, -0.15) is 11.3 Å². The summed E-state index contributed by atoms with van der Waals surface area (Å²) in [6, 6.07) is 2.41. The van der Waals surface area contributed by atoms with Crippen LogP contribution in [0.1, 0.15) is 44.1 Å². The number of guanidine groups is 1. The first-order valence-corrected chi connectivity index (χ1v) is 9.97. The number of aliphatic imine (C=N–C) groups is 1. The lowest BCUT2D eigenvalue weighted by molar-refractivity contribution is -0.135. The zero-order valence-corrected chi connectivity index (χ0v) is 15.3. The average molecular weight is 349 g/mol. The van der Waals surface area contributed by atoms with Crippen molar-refractivity contribution in [2.24, 2.45) is 10.9 Å². The summed E-state index contributed by atoms with van der Waals surface area (Å²) in [6.07, 6.45) is 6.88. The van der Waals surface area contributed by atoms with Crippen LogP contribution in [0, 0.1) is 5.92 Å². The lowest BCUT2D eigenvalue weighted by atomic mass is 9.88. The van der Waals surface area contributed by atoms with E-state index in [1.807, 2.05) is 0 Å². The number of carbonyl (C=O) groups is 1. The van der Waals surface area contributed by atoms with Gasteiger partial charge in [0.2, 0.25) is 5.91 Å². The highest BCUT2D eigenvalue weighted by molar-refractivity contribution is 7.07. The number of hydrogen-bond acceptors (Lipinski definition) is 3. The Kier molecular flexibility index (Phi) is 6.12. The fourth-order valence-electron chi connectivity index (χ4n) is 3.65. The van der Waals surface area contributed by atoms with Gasteiger partial charge in [-0.25, -0.2) is 0 Å². The Labute approximate surface area is 148 Å². The molecule has 2 N–H and O–H groups in total. The Morgan fingerprint density at radius 1 is 1.33 bits per heavy atom. The lowest BCUT2D eigenvalue weighted by Crippen LogP contribution is -2.45. The second-order valence-electron chi connectivity index (χ2n) is 6.81. The second kappa shape index (κ2) is 8.51. The first-order valence-electron chi connectivity index (χ1n) is 9.03.